The number of piperazine rings is 1. The molecule has 0 saturated carbocycles. The highest BCUT2D eigenvalue weighted by Crippen LogP contribution is 2.23. The van der Waals surface area contributed by atoms with Crippen molar-refractivity contribution in [3.05, 3.63) is 34.9 Å². The van der Waals surface area contributed by atoms with Gasteiger partial charge in [0.1, 0.15) is 0 Å². The molecular formula is C23H34N2O3. The Kier molecular flexibility index (Phi) is 7.24. The molecule has 1 saturated heterocycles. The average Bonchev–Trinajstić information content (AvgIpc) is 2.71. The number of Topliss-reactive ketones (excluding diaryl/α,β-unsaturated/α-hetero) is 1. The zero-order chi connectivity index (χ0) is 20.1. The number of benzene rings is 1. The summed E-state index contributed by atoms with van der Waals surface area (Å²) in [6.07, 6.45) is 5.76. The van der Waals surface area contributed by atoms with Crippen LogP contribution in [0, 0.1) is 0 Å². The Morgan fingerprint density at radius 3 is 2.61 bits per heavy atom. The summed E-state index contributed by atoms with van der Waals surface area (Å²) in [6, 6.07) is 6.35. The quantitative estimate of drug-likeness (QED) is 0.732. The molecule has 1 aromatic carbocycles. The number of aliphatic hydroxyl groups excluding tert-OH is 1. The predicted octanol–water partition coefficient (Wildman–Crippen LogP) is 2.83. The lowest BCUT2D eigenvalue weighted by Crippen LogP contribution is -2.55. The fraction of sp³-hybridized carbons (Fsp3) is 0.652. The zero-order valence-corrected chi connectivity index (χ0v) is 17.3. The summed E-state index contributed by atoms with van der Waals surface area (Å²) >= 11 is 0. The van der Waals surface area contributed by atoms with E-state index in [0.29, 0.717) is 19.6 Å². The molecule has 5 nitrogen and oxygen atoms in total. The van der Waals surface area contributed by atoms with Crippen molar-refractivity contribution in [3.63, 3.8) is 0 Å². The van der Waals surface area contributed by atoms with E-state index in [1.165, 1.54) is 24.0 Å². The van der Waals surface area contributed by atoms with Gasteiger partial charge >= 0.3 is 0 Å². The number of rotatable bonds is 7. The van der Waals surface area contributed by atoms with Gasteiger partial charge in [-0.3, -0.25) is 14.5 Å². The van der Waals surface area contributed by atoms with Crippen LogP contribution in [0.4, 0.5) is 0 Å². The molecule has 1 N–H and O–H groups in total. The highest BCUT2D eigenvalue weighted by molar-refractivity contribution is 5.98. The molecule has 1 fully saturated rings. The number of β-amino-alcohol motifs (C(OH)–C–C–N with tert-alkyl or cyclic N) is 1. The van der Waals surface area contributed by atoms with Gasteiger partial charge in [0.15, 0.2) is 5.78 Å². The van der Waals surface area contributed by atoms with E-state index >= 15 is 0 Å². The van der Waals surface area contributed by atoms with Crippen LogP contribution in [0.15, 0.2) is 18.2 Å². The Hall–Kier alpha value is -1.72. The fourth-order valence-electron chi connectivity index (χ4n) is 4.52. The summed E-state index contributed by atoms with van der Waals surface area (Å²) in [5.41, 5.74) is 3.43. The summed E-state index contributed by atoms with van der Waals surface area (Å²) in [5.74, 6) is 0.142. The zero-order valence-electron chi connectivity index (χ0n) is 17.3. The van der Waals surface area contributed by atoms with E-state index in [9.17, 15) is 14.7 Å². The van der Waals surface area contributed by atoms with E-state index < -0.39 is 0 Å². The number of carbonyl (C=O) groups is 2. The van der Waals surface area contributed by atoms with Crippen LogP contribution < -0.4 is 0 Å². The second kappa shape index (κ2) is 9.66. The Morgan fingerprint density at radius 2 is 1.89 bits per heavy atom. The van der Waals surface area contributed by atoms with Crippen molar-refractivity contribution in [3.8, 4) is 0 Å². The van der Waals surface area contributed by atoms with E-state index in [4.69, 9.17) is 0 Å². The van der Waals surface area contributed by atoms with Crippen LogP contribution in [0.1, 0.15) is 67.4 Å². The summed E-state index contributed by atoms with van der Waals surface area (Å²) in [7, 11) is 0. The topological polar surface area (TPSA) is 60.9 Å². The maximum Gasteiger partial charge on any atom is 0.223 e. The normalized spacial score (nSPS) is 21.2. The fourth-order valence-corrected chi connectivity index (χ4v) is 4.52. The van der Waals surface area contributed by atoms with Crippen LogP contribution in [0.3, 0.4) is 0 Å². The molecule has 1 aliphatic carbocycles. The van der Waals surface area contributed by atoms with Gasteiger partial charge in [-0.05, 0) is 56.2 Å². The summed E-state index contributed by atoms with van der Waals surface area (Å²) in [6.45, 7) is 6.72. The lowest BCUT2D eigenvalue weighted by molar-refractivity contribution is -0.134. The van der Waals surface area contributed by atoms with E-state index in [1.54, 1.807) is 6.92 Å². The predicted molar refractivity (Wildman–Crippen MR) is 111 cm³/mol. The lowest BCUT2D eigenvalue weighted by Gasteiger charge is -2.41. The summed E-state index contributed by atoms with van der Waals surface area (Å²) in [4.78, 5) is 29.4. The Morgan fingerprint density at radius 1 is 1.14 bits per heavy atom. The van der Waals surface area contributed by atoms with Gasteiger partial charge in [0.05, 0.1) is 6.10 Å². The molecule has 1 aromatic rings. The Balaban J connectivity index is 1.52. The number of carbonyl (C=O) groups excluding carboxylic acids is 2. The molecule has 0 bridgehead atoms. The molecule has 0 aromatic heterocycles. The van der Waals surface area contributed by atoms with Gasteiger partial charge in [-0.15, -0.1) is 0 Å². The summed E-state index contributed by atoms with van der Waals surface area (Å²) in [5, 5.41) is 9.66. The van der Waals surface area contributed by atoms with Crippen molar-refractivity contribution in [2.24, 2.45) is 0 Å². The number of hydrogen-bond donors (Lipinski definition) is 1. The van der Waals surface area contributed by atoms with Gasteiger partial charge in [-0.25, -0.2) is 0 Å². The molecule has 0 unspecified atom stereocenters. The molecule has 154 valence electrons. The first-order chi connectivity index (χ1) is 13.5. The number of hydrogen-bond acceptors (Lipinski definition) is 4. The molecule has 28 heavy (non-hydrogen) atoms. The first-order valence-corrected chi connectivity index (χ1v) is 10.8. The number of amides is 1. The molecule has 3 rings (SSSR count). The van der Waals surface area contributed by atoms with Crippen molar-refractivity contribution in [2.75, 3.05) is 26.2 Å². The third-order valence-corrected chi connectivity index (χ3v) is 6.16. The monoisotopic (exact) mass is 386 g/mol. The lowest BCUT2D eigenvalue weighted by atomic mass is 9.89. The highest BCUT2D eigenvalue weighted by atomic mass is 16.3. The number of ketones is 1. The number of aliphatic hydroxyl groups is 1. The second-order valence-corrected chi connectivity index (χ2v) is 8.36. The molecule has 0 spiro atoms. The van der Waals surface area contributed by atoms with Crippen molar-refractivity contribution >= 4 is 11.7 Å². The van der Waals surface area contributed by atoms with E-state index in [2.05, 4.69) is 17.9 Å². The van der Waals surface area contributed by atoms with Crippen molar-refractivity contribution < 1.29 is 14.7 Å². The standard InChI is InChI=1S/C23H34N2O3/c1-3-21-16-25(13-12-24(21)15-17(2)26)23(28)11-10-22(27)20-9-8-18-6-4-5-7-19(18)14-20/h8-9,14,17,21,26H,3-7,10-13,15-16H2,1-2H3/t17-,21+/m0/s1. The smallest absolute Gasteiger partial charge is 0.223 e. The van der Waals surface area contributed by atoms with Gasteiger partial charge < -0.3 is 10.0 Å². The van der Waals surface area contributed by atoms with E-state index in [1.807, 2.05) is 17.0 Å². The van der Waals surface area contributed by atoms with Crippen molar-refractivity contribution in [2.45, 2.75) is 70.9 Å². The largest absolute Gasteiger partial charge is 0.392 e. The summed E-state index contributed by atoms with van der Waals surface area (Å²) < 4.78 is 0. The van der Waals surface area contributed by atoms with Crippen molar-refractivity contribution in [1.29, 1.82) is 0 Å². The first kappa shape index (κ1) is 21.0. The van der Waals surface area contributed by atoms with Gasteiger partial charge in [-0.2, -0.15) is 0 Å². The maximum absolute atomic E-state index is 12.7. The van der Waals surface area contributed by atoms with Gasteiger partial charge in [0.2, 0.25) is 5.91 Å². The van der Waals surface area contributed by atoms with Gasteiger partial charge in [-0.1, -0.05) is 19.1 Å². The minimum absolute atomic E-state index is 0.0708. The molecule has 5 heteroatoms. The number of fused-ring (bicyclic) bond motifs is 1. The van der Waals surface area contributed by atoms with Crippen LogP contribution in [0.2, 0.25) is 0 Å². The molecule has 0 radical (unpaired) electrons. The third-order valence-electron chi connectivity index (χ3n) is 6.16. The Bertz CT molecular complexity index is 701. The Labute approximate surface area is 168 Å². The van der Waals surface area contributed by atoms with Crippen LogP contribution in [0.25, 0.3) is 0 Å². The van der Waals surface area contributed by atoms with Crippen LogP contribution in [-0.2, 0) is 17.6 Å². The molecule has 1 heterocycles. The average molecular weight is 387 g/mol. The van der Waals surface area contributed by atoms with E-state index in [0.717, 1.165) is 31.4 Å². The number of aryl methyl sites for hydroxylation is 2. The van der Waals surface area contributed by atoms with Gasteiger partial charge in [0.25, 0.3) is 0 Å². The minimum atomic E-state index is -0.356. The highest BCUT2D eigenvalue weighted by Gasteiger charge is 2.29. The van der Waals surface area contributed by atoms with Crippen molar-refractivity contribution in [1.82, 2.24) is 9.80 Å². The molecular weight excluding hydrogens is 352 g/mol. The molecule has 2 aliphatic rings. The SMILES string of the molecule is CC[C@@H]1CN(C(=O)CCC(=O)c2ccc3c(c2)CCCC3)CCN1C[C@H](C)O. The van der Waals surface area contributed by atoms with Crippen LogP contribution in [0.5, 0.6) is 0 Å². The van der Waals surface area contributed by atoms with E-state index in [-0.39, 0.29) is 36.7 Å². The molecule has 2 atom stereocenters. The van der Waals surface area contributed by atoms with Crippen LogP contribution in [-0.4, -0.2) is 64.9 Å². The maximum atomic E-state index is 12.7. The third kappa shape index (κ3) is 5.21. The minimum Gasteiger partial charge on any atom is -0.392 e. The van der Waals surface area contributed by atoms with Gasteiger partial charge in [0, 0.05) is 50.6 Å². The first-order valence-electron chi connectivity index (χ1n) is 10.8. The van der Waals surface area contributed by atoms with Crippen LogP contribution >= 0.6 is 0 Å². The molecule has 1 amide bonds. The molecule has 1 aliphatic heterocycles. The second-order valence-electron chi connectivity index (χ2n) is 8.36. The number of nitrogens with zero attached hydrogens (tertiary/aromatic N) is 2.